The minimum absolute atomic E-state index is 0.0175. The van der Waals surface area contributed by atoms with E-state index in [0.29, 0.717) is 0 Å². The molecular formula is C10H16NP. The first-order valence-electron chi connectivity index (χ1n) is 4.25. The minimum Gasteiger partial charge on any atom is -0.354 e. The van der Waals surface area contributed by atoms with Crippen LogP contribution in [0.2, 0.25) is 0 Å². The first-order chi connectivity index (χ1) is 5.75. The Morgan fingerprint density at radius 3 is 2.33 bits per heavy atom. The van der Waals surface area contributed by atoms with Gasteiger partial charge >= 0.3 is 0 Å². The van der Waals surface area contributed by atoms with Crippen LogP contribution < -0.4 is 4.67 Å². The summed E-state index contributed by atoms with van der Waals surface area (Å²) in [5.74, 6) is 0. The van der Waals surface area contributed by atoms with Crippen molar-refractivity contribution >= 4 is 13.8 Å². The molecule has 0 bridgehead atoms. The third kappa shape index (κ3) is 2.22. The fourth-order valence-electron chi connectivity index (χ4n) is 1.05. The smallest absolute Gasteiger partial charge is 0.0396 e. The maximum Gasteiger partial charge on any atom is 0.0396 e. The highest BCUT2D eigenvalue weighted by molar-refractivity contribution is 7.58. The summed E-state index contributed by atoms with van der Waals surface area (Å²) < 4.78 is 2.37. The summed E-state index contributed by atoms with van der Waals surface area (Å²) in [6, 6.07) is 10.6. The van der Waals surface area contributed by atoms with Crippen molar-refractivity contribution in [3.8, 4) is 0 Å². The lowest BCUT2D eigenvalue weighted by atomic mass is 10.3. The number of nitrogens with zero attached hydrogens (tertiary/aromatic N) is 1. The summed E-state index contributed by atoms with van der Waals surface area (Å²) in [5, 5.41) is 0. The molecule has 1 nitrogen and oxygen atoms in total. The molecule has 0 aliphatic heterocycles. The maximum atomic E-state index is 2.37. The van der Waals surface area contributed by atoms with Crippen molar-refractivity contribution in [1.82, 2.24) is 0 Å². The fourth-order valence-corrected chi connectivity index (χ4v) is 2.00. The normalized spacial score (nSPS) is 12.6. The van der Waals surface area contributed by atoms with Crippen LogP contribution in [0.1, 0.15) is 6.92 Å². The second-order valence-corrected chi connectivity index (χ2v) is 5.38. The van der Waals surface area contributed by atoms with E-state index in [9.17, 15) is 0 Å². The van der Waals surface area contributed by atoms with E-state index in [4.69, 9.17) is 0 Å². The second kappa shape index (κ2) is 4.47. The number of para-hydroxylation sites is 1. The highest BCUT2D eigenvalue weighted by Crippen LogP contribution is 2.37. The third-order valence-electron chi connectivity index (χ3n) is 2.10. The van der Waals surface area contributed by atoms with Crippen molar-refractivity contribution in [2.45, 2.75) is 6.92 Å². The molecule has 1 aromatic carbocycles. The van der Waals surface area contributed by atoms with Crippen LogP contribution in [0.4, 0.5) is 5.69 Å². The molecule has 0 saturated carbocycles. The van der Waals surface area contributed by atoms with Crippen LogP contribution in [0.3, 0.4) is 0 Å². The molecule has 0 radical (unpaired) electrons. The number of rotatable bonds is 3. The monoisotopic (exact) mass is 181 g/mol. The Kier molecular flexibility index (Phi) is 3.55. The Morgan fingerprint density at radius 2 is 1.83 bits per heavy atom. The zero-order chi connectivity index (χ0) is 8.97. The maximum absolute atomic E-state index is 2.37. The van der Waals surface area contributed by atoms with Gasteiger partial charge in [-0.3, -0.25) is 0 Å². The van der Waals surface area contributed by atoms with Crippen LogP contribution in [0.15, 0.2) is 30.3 Å². The standard InChI is InChI=1S/C10H16NP/c1-4-12(3)11(2)10-8-6-5-7-9-10/h5-9H,4H2,1-3H3. The van der Waals surface area contributed by atoms with Gasteiger partial charge in [-0.05, 0) is 33.0 Å². The molecule has 2 heteroatoms. The molecule has 1 atom stereocenters. The molecule has 66 valence electrons. The molecular weight excluding hydrogens is 165 g/mol. The van der Waals surface area contributed by atoms with Crippen LogP contribution in [-0.2, 0) is 0 Å². The van der Waals surface area contributed by atoms with E-state index in [1.54, 1.807) is 0 Å². The first-order valence-corrected chi connectivity index (χ1v) is 6.18. The zero-order valence-corrected chi connectivity index (χ0v) is 8.88. The first kappa shape index (κ1) is 9.54. The van der Waals surface area contributed by atoms with Crippen LogP contribution in [0.25, 0.3) is 0 Å². The quantitative estimate of drug-likeness (QED) is 0.647. The molecule has 1 rings (SSSR count). The second-order valence-electron chi connectivity index (χ2n) is 2.83. The molecule has 0 spiro atoms. The van der Waals surface area contributed by atoms with Gasteiger partial charge in [0.2, 0.25) is 0 Å². The van der Waals surface area contributed by atoms with E-state index >= 15 is 0 Å². The van der Waals surface area contributed by atoms with Gasteiger partial charge in [-0.15, -0.1) is 0 Å². The van der Waals surface area contributed by atoms with Gasteiger partial charge in [0.1, 0.15) is 0 Å². The van der Waals surface area contributed by atoms with Gasteiger partial charge in [0, 0.05) is 12.7 Å². The van der Waals surface area contributed by atoms with E-state index in [1.165, 1.54) is 11.8 Å². The zero-order valence-electron chi connectivity index (χ0n) is 7.99. The lowest BCUT2D eigenvalue weighted by molar-refractivity contribution is 1.30. The summed E-state index contributed by atoms with van der Waals surface area (Å²) in [6.07, 6.45) is 1.25. The molecule has 0 aliphatic carbocycles. The van der Waals surface area contributed by atoms with Gasteiger partial charge in [-0.25, -0.2) is 0 Å². The predicted molar refractivity (Wildman–Crippen MR) is 58.2 cm³/mol. The van der Waals surface area contributed by atoms with Crippen LogP contribution in [0, 0.1) is 0 Å². The van der Waals surface area contributed by atoms with Gasteiger partial charge in [-0.2, -0.15) is 0 Å². The molecule has 1 aromatic rings. The van der Waals surface area contributed by atoms with Gasteiger partial charge < -0.3 is 4.67 Å². The predicted octanol–water partition coefficient (Wildman–Crippen LogP) is 3.17. The lowest BCUT2D eigenvalue weighted by Gasteiger charge is -2.25. The Labute approximate surface area is 76.2 Å². The molecule has 0 saturated heterocycles. The number of benzene rings is 1. The van der Waals surface area contributed by atoms with Crippen LogP contribution in [0.5, 0.6) is 0 Å². The Balaban J connectivity index is 2.71. The number of hydrogen-bond donors (Lipinski definition) is 0. The van der Waals surface area contributed by atoms with Crippen molar-refractivity contribution in [3.05, 3.63) is 30.3 Å². The SMILES string of the molecule is CCP(C)N(C)c1ccccc1. The van der Waals surface area contributed by atoms with Crippen molar-refractivity contribution < 1.29 is 0 Å². The van der Waals surface area contributed by atoms with Gasteiger partial charge in [0.05, 0.1) is 0 Å². The van der Waals surface area contributed by atoms with Gasteiger partial charge in [0.25, 0.3) is 0 Å². The molecule has 0 fully saturated rings. The fraction of sp³-hybridized carbons (Fsp3) is 0.400. The van der Waals surface area contributed by atoms with Crippen molar-refractivity contribution in [3.63, 3.8) is 0 Å². The highest BCUT2D eigenvalue weighted by Gasteiger charge is 2.05. The van der Waals surface area contributed by atoms with E-state index in [1.807, 2.05) is 0 Å². The average Bonchev–Trinajstić information content (AvgIpc) is 2.17. The van der Waals surface area contributed by atoms with Crippen molar-refractivity contribution in [2.75, 3.05) is 24.5 Å². The van der Waals surface area contributed by atoms with Gasteiger partial charge in [-0.1, -0.05) is 25.1 Å². The van der Waals surface area contributed by atoms with Crippen molar-refractivity contribution in [2.24, 2.45) is 0 Å². The van der Waals surface area contributed by atoms with Crippen LogP contribution in [-0.4, -0.2) is 19.9 Å². The largest absolute Gasteiger partial charge is 0.354 e. The van der Waals surface area contributed by atoms with E-state index in [-0.39, 0.29) is 8.07 Å². The Bertz CT molecular complexity index is 223. The summed E-state index contributed by atoms with van der Waals surface area (Å²) in [5.41, 5.74) is 1.33. The van der Waals surface area contributed by atoms with E-state index in [0.717, 1.165) is 0 Å². The van der Waals surface area contributed by atoms with E-state index < -0.39 is 0 Å². The molecule has 0 aliphatic rings. The van der Waals surface area contributed by atoms with Crippen molar-refractivity contribution in [1.29, 1.82) is 0 Å². The lowest BCUT2D eigenvalue weighted by Crippen LogP contribution is -2.09. The summed E-state index contributed by atoms with van der Waals surface area (Å²) >= 11 is 0. The van der Waals surface area contributed by atoms with Crippen LogP contribution >= 0.6 is 8.07 Å². The average molecular weight is 181 g/mol. The third-order valence-corrected chi connectivity index (χ3v) is 4.27. The highest BCUT2D eigenvalue weighted by atomic mass is 31.1. The Hall–Kier alpha value is -0.550. The molecule has 0 N–H and O–H groups in total. The topological polar surface area (TPSA) is 3.24 Å². The molecule has 0 aromatic heterocycles. The molecule has 0 heterocycles. The minimum atomic E-state index is 0.0175. The molecule has 12 heavy (non-hydrogen) atoms. The Morgan fingerprint density at radius 1 is 1.25 bits per heavy atom. The molecule has 0 amide bonds. The van der Waals surface area contributed by atoms with Gasteiger partial charge in [0.15, 0.2) is 0 Å². The van der Waals surface area contributed by atoms with E-state index in [2.05, 4.69) is 55.6 Å². The number of hydrogen-bond acceptors (Lipinski definition) is 1. The summed E-state index contributed by atoms with van der Waals surface area (Å²) in [4.78, 5) is 0. The number of anilines is 1. The summed E-state index contributed by atoms with van der Waals surface area (Å²) in [7, 11) is 2.19. The molecule has 1 unspecified atom stereocenters. The summed E-state index contributed by atoms with van der Waals surface area (Å²) in [6.45, 7) is 4.55.